The molecule has 0 saturated carbocycles. The minimum absolute atomic E-state index is 0. The normalized spacial score (nSPS) is 14.5. The van der Waals surface area contributed by atoms with E-state index in [4.69, 9.17) is 9.15 Å². The highest BCUT2D eigenvalue weighted by Crippen LogP contribution is 2.31. The van der Waals surface area contributed by atoms with Crippen molar-refractivity contribution in [3.63, 3.8) is 0 Å². The topological polar surface area (TPSA) is 58.8 Å². The lowest BCUT2D eigenvalue weighted by Gasteiger charge is -2.27. The third-order valence-electron chi connectivity index (χ3n) is 5.41. The van der Waals surface area contributed by atoms with Crippen LogP contribution in [0.3, 0.4) is 0 Å². The van der Waals surface area contributed by atoms with Gasteiger partial charge in [-0.15, -0.1) is 12.4 Å². The van der Waals surface area contributed by atoms with E-state index in [9.17, 15) is 9.18 Å². The molecule has 0 N–H and O–H groups in total. The number of furan rings is 1. The summed E-state index contributed by atoms with van der Waals surface area (Å²) in [6.07, 6.45) is 0.788. The molecule has 4 aromatic rings. The van der Waals surface area contributed by atoms with E-state index in [0.29, 0.717) is 27.5 Å². The number of anilines is 1. The maximum atomic E-state index is 13.7. The Labute approximate surface area is 195 Å². The summed E-state index contributed by atoms with van der Waals surface area (Å²) in [5.74, 6) is -0.277. The molecular weight excluding hydrogens is 453 g/mol. The molecule has 0 bridgehead atoms. The van der Waals surface area contributed by atoms with Crippen LogP contribution in [0, 0.1) is 5.82 Å². The van der Waals surface area contributed by atoms with Crippen LogP contribution in [0.5, 0.6) is 0 Å². The van der Waals surface area contributed by atoms with Gasteiger partial charge in [0.05, 0.1) is 23.4 Å². The zero-order valence-corrected chi connectivity index (χ0v) is 19.0. The fourth-order valence-corrected chi connectivity index (χ4v) is 4.80. The molecule has 168 valence electrons. The minimum Gasteiger partial charge on any atom is -0.451 e. The van der Waals surface area contributed by atoms with Crippen LogP contribution in [-0.4, -0.2) is 55.2 Å². The number of fused-ring (bicyclic) bond motifs is 2. The molecule has 1 amide bonds. The van der Waals surface area contributed by atoms with Crippen molar-refractivity contribution in [2.24, 2.45) is 0 Å². The second-order valence-electron chi connectivity index (χ2n) is 7.52. The maximum absolute atomic E-state index is 13.7. The lowest BCUT2D eigenvalue weighted by atomic mass is 10.2. The van der Waals surface area contributed by atoms with Gasteiger partial charge in [0, 0.05) is 31.6 Å². The van der Waals surface area contributed by atoms with Gasteiger partial charge < -0.3 is 9.15 Å². The van der Waals surface area contributed by atoms with E-state index in [1.165, 1.54) is 23.5 Å². The van der Waals surface area contributed by atoms with Crippen molar-refractivity contribution in [2.45, 2.75) is 6.42 Å². The number of aromatic nitrogens is 1. The lowest BCUT2D eigenvalue weighted by Crippen LogP contribution is -2.39. The predicted molar refractivity (Wildman–Crippen MR) is 127 cm³/mol. The number of hydrogen-bond acceptors (Lipinski definition) is 6. The van der Waals surface area contributed by atoms with Gasteiger partial charge in [0.25, 0.3) is 5.91 Å². The molecule has 32 heavy (non-hydrogen) atoms. The Morgan fingerprint density at radius 3 is 2.78 bits per heavy atom. The van der Waals surface area contributed by atoms with Crippen molar-refractivity contribution in [2.75, 3.05) is 44.3 Å². The molecule has 0 unspecified atom stereocenters. The first-order valence-electron chi connectivity index (χ1n) is 10.3. The number of carbonyl (C=O) groups is 1. The van der Waals surface area contributed by atoms with Crippen LogP contribution >= 0.6 is 23.7 Å². The Morgan fingerprint density at radius 2 is 1.97 bits per heavy atom. The summed E-state index contributed by atoms with van der Waals surface area (Å²) in [6.45, 7) is 4.65. The predicted octanol–water partition coefficient (Wildman–Crippen LogP) is 4.97. The van der Waals surface area contributed by atoms with Gasteiger partial charge in [0.15, 0.2) is 10.9 Å². The highest BCUT2D eigenvalue weighted by molar-refractivity contribution is 7.22. The van der Waals surface area contributed by atoms with Crippen LogP contribution in [0.25, 0.3) is 21.2 Å². The summed E-state index contributed by atoms with van der Waals surface area (Å²) in [5, 5.41) is 1.43. The van der Waals surface area contributed by atoms with E-state index in [2.05, 4.69) is 9.88 Å². The van der Waals surface area contributed by atoms with Gasteiger partial charge in [0.2, 0.25) is 0 Å². The Bertz CT molecular complexity index is 1190. The van der Waals surface area contributed by atoms with Crippen molar-refractivity contribution in [1.82, 2.24) is 9.88 Å². The zero-order valence-electron chi connectivity index (χ0n) is 17.3. The molecule has 0 atom stereocenters. The van der Waals surface area contributed by atoms with Crippen molar-refractivity contribution in [1.29, 1.82) is 0 Å². The number of nitrogens with zero attached hydrogens (tertiary/aromatic N) is 3. The monoisotopic (exact) mass is 475 g/mol. The fourth-order valence-electron chi connectivity index (χ4n) is 3.78. The quantitative estimate of drug-likeness (QED) is 0.394. The third kappa shape index (κ3) is 4.78. The van der Waals surface area contributed by atoms with E-state index in [0.717, 1.165) is 44.7 Å². The van der Waals surface area contributed by atoms with Gasteiger partial charge in [-0.25, -0.2) is 9.37 Å². The number of halogens is 2. The molecule has 1 fully saturated rings. The lowest BCUT2D eigenvalue weighted by molar-refractivity contribution is 0.0376. The van der Waals surface area contributed by atoms with Crippen LogP contribution in [0.1, 0.15) is 17.0 Å². The molecule has 2 aromatic carbocycles. The molecule has 0 aliphatic carbocycles. The Balaban J connectivity index is 0.00000245. The Kier molecular flexibility index (Phi) is 7.05. The highest BCUT2D eigenvalue weighted by Gasteiger charge is 2.25. The summed E-state index contributed by atoms with van der Waals surface area (Å²) in [7, 11) is 0. The van der Waals surface area contributed by atoms with Gasteiger partial charge in [-0.2, -0.15) is 0 Å². The molecule has 0 radical (unpaired) electrons. The number of hydrogen-bond donors (Lipinski definition) is 0. The molecule has 2 aromatic heterocycles. The van der Waals surface area contributed by atoms with Crippen LogP contribution in [-0.2, 0) is 4.74 Å². The van der Waals surface area contributed by atoms with Crippen molar-refractivity contribution in [3.05, 3.63) is 60.1 Å². The first kappa shape index (κ1) is 22.7. The highest BCUT2D eigenvalue weighted by atomic mass is 35.5. The summed E-state index contributed by atoms with van der Waals surface area (Å²) >= 11 is 1.31. The molecular formula is C23H23ClFN3O3S. The second kappa shape index (κ2) is 9.95. The summed E-state index contributed by atoms with van der Waals surface area (Å²) in [4.78, 5) is 22.0. The first-order valence-corrected chi connectivity index (χ1v) is 11.2. The standard InChI is InChI=1S/C23H22FN3O3S.ClH/c24-17-6-7-18-21(15-17)31-23(25-18)27(9-3-8-26-10-12-29-13-11-26)22(28)20-14-16-4-1-2-5-19(16)30-20;/h1-2,4-7,14-15H,3,8-13H2;1H. The Hall–Kier alpha value is -2.52. The summed E-state index contributed by atoms with van der Waals surface area (Å²) in [6, 6.07) is 13.8. The maximum Gasteiger partial charge on any atom is 0.295 e. The molecule has 6 nitrogen and oxygen atoms in total. The van der Waals surface area contributed by atoms with E-state index in [1.54, 1.807) is 17.0 Å². The minimum atomic E-state index is -0.315. The number of carbonyl (C=O) groups excluding carboxylic acids is 1. The van der Waals surface area contributed by atoms with E-state index < -0.39 is 0 Å². The van der Waals surface area contributed by atoms with Crippen LogP contribution in [0.15, 0.2) is 52.9 Å². The molecule has 1 aliphatic rings. The van der Waals surface area contributed by atoms with Crippen LogP contribution in [0.4, 0.5) is 9.52 Å². The molecule has 0 spiro atoms. The number of morpholine rings is 1. The van der Waals surface area contributed by atoms with Crippen molar-refractivity contribution in [3.8, 4) is 0 Å². The molecule has 5 rings (SSSR count). The number of amides is 1. The van der Waals surface area contributed by atoms with Gasteiger partial charge in [-0.3, -0.25) is 14.6 Å². The zero-order chi connectivity index (χ0) is 21.2. The van der Waals surface area contributed by atoms with Crippen LogP contribution in [0.2, 0.25) is 0 Å². The number of thiazole rings is 1. The number of ether oxygens (including phenoxy) is 1. The number of para-hydroxylation sites is 1. The number of benzene rings is 2. The van der Waals surface area contributed by atoms with E-state index in [-0.39, 0.29) is 29.9 Å². The van der Waals surface area contributed by atoms with Gasteiger partial charge >= 0.3 is 0 Å². The average Bonchev–Trinajstić information content (AvgIpc) is 3.40. The molecule has 9 heteroatoms. The van der Waals surface area contributed by atoms with Crippen molar-refractivity contribution >= 4 is 56.0 Å². The molecule has 1 saturated heterocycles. The van der Waals surface area contributed by atoms with E-state index in [1.807, 2.05) is 24.3 Å². The van der Waals surface area contributed by atoms with Gasteiger partial charge in [0.1, 0.15) is 11.4 Å². The Morgan fingerprint density at radius 1 is 1.16 bits per heavy atom. The molecule has 3 heterocycles. The smallest absolute Gasteiger partial charge is 0.295 e. The largest absolute Gasteiger partial charge is 0.451 e. The van der Waals surface area contributed by atoms with Gasteiger partial charge in [-0.05, 0) is 36.8 Å². The molecule has 1 aliphatic heterocycles. The third-order valence-corrected chi connectivity index (χ3v) is 6.45. The number of rotatable bonds is 6. The fraction of sp³-hybridized carbons (Fsp3) is 0.304. The van der Waals surface area contributed by atoms with Gasteiger partial charge in [-0.1, -0.05) is 29.5 Å². The summed E-state index contributed by atoms with van der Waals surface area (Å²) < 4.78 is 25.6. The SMILES string of the molecule is Cl.O=C(c1cc2ccccc2o1)N(CCCN1CCOCC1)c1nc2ccc(F)cc2s1. The average molecular weight is 476 g/mol. The van der Waals surface area contributed by atoms with E-state index >= 15 is 0 Å². The second-order valence-corrected chi connectivity index (χ2v) is 8.53. The summed E-state index contributed by atoms with van der Waals surface area (Å²) in [5.41, 5.74) is 1.35. The van der Waals surface area contributed by atoms with Crippen molar-refractivity contribution < 1.29 is 18.3 Å². The van der Waals surface area contributed by atoms with Crippen LogP contribution < -0.4 is 4.90 Å². The first-order chi connectivity index (χ1) is 15.2.